The molecule has 7 heteroatoms. The van der Waals surface area contributed by atoms with Crippen LogP contribution in [0.5, 0.6) is 0 Å². The Morgan fingerprint density at radius 2 is 1.75 bits per heavy atom. The van der Waals surface area contributed by atoms with Crippen molar-refractivity contribution in [1.82, 2.24) is 10.3 Å². The Kier molecular flexibility index (Phi) is 4.78. The first-order valence-corrected chi connectivity index (χ1v) is 10.1. The Labute approximate surface area is 183 Å². The van der Waals surface area contributed by atoms with Crippen molar-refractivity contribution in [3.63, 3.8) is 0 Å². The fourth-order valence-electron chi connectivity index (χ4n) is 3.97. The van der Waals surface area contributed by atoms with Crippen molar-refractivity contribution in [3.05, 3.63) is 102 Å². The third kappa shape index (κ3) is 3.24. The number of H-pyrrole nitrogens is 1. The summed E-state index contributed by atoms with van der Waals surface area (Å²) in [4.78, 5) is 35.5. The van der Waals surface area contributed by atoms with Gasteiger partial charge in [-0.15, -0.1) is 0 Å². The summed E-state index contributed by atoms with van der Waals surface area (Å²) in [6.45, 7) is 0. The average molecular weight is 426 g/mol. The Balaban J connectivity index is 1.61. The van der Waals surface area contributed by atoms with Crippen LogP contribution in [0.25, 0.3) is 10.9 Å². The molecule has 3 aromatic carbocycles. The number of benzene rings is 3. The number of carbonyl (C=O) groups is 2. The van der Waals surface area contributed by atoms with Crippen molar-refractivity contribution >= 4 is 34.1 Å². The van der Waals surface area contributed by atoms with Gasteiger partial charge in [-0.1, -0.05) is 36.4 Å². The van der Waals surface area contributed by atoms with E-state index in [0.717, 1.165) is 10.9 Å². The quantitative estimate of drug-likeness (QED) is 0.522. The Morgan fingerprint density at radius 1 is 1.00 bits per heavy atom. The van der Waals surface area contributed by atoms with Gasteiger partial charge in [0.25, 0.3) is 11.8 Å². The number of rotatable bonds is 3. The van der Waals surface area contributed by atoms with Gasteiger partial charge in [0.15, 0.2) is 0 Å². The van der Waals surface area contributed by atoms with Crippen molar-refractivity contribution in [2.75, 3.05) is 11.9 Å². The lowest BCUT2D eigenvalue weighted by atomic mass is 10.00. The lowest BCUT2D eigenvalue weighted by molar-refractivity contribution is -0.119. The topological polar surface area (TPSA) is 77.6 Å². The number of hydrogen-bond acceptors (Lipinski definition) is 3. The Bertz CT molecular complexity index is 1390. The molecule has 0 fully saturated rings. The number of fused-ring (bicyclic) bond motifs is 2. The smallest absolute Gasteiger partial charge is 0.272 e. The van der Waals surface area contributed by atoms with Gasteiger partial charge >= 0.3 is 0 Å². The molecule has 1 aliphatic heterocycles. The maximum Gasteiger partial charge on any atom is 0.272 e. The molecule has 0 spiro atoms. The fraction of sp³-hybridized carbons (Fsp3) is 0.0800. The zero-order chi connectivity index (χ0) is 22.2. The summed E-state index contributed by atoms with van der Waals surface area (Å²) in [5, 5.41) is 3.47. The highest BCUT2D eigenvalue weighted by molar-refractivity contribution is 6.20. The van der Waals surface area contributed by atoms with Gasteiger partial charge < -0.3 is 15.2 Å². The molecular weight excluding hydrogens is 407 g/mol. The van der Waals surface area contributed by atoms with Gasteiger partial charge in [0, 0.05) is 40.8 Å². The predicted molar refractivity (Wildman–Crippen MR) is 121 cm³/mol. The monoisotopic (exact) mass is 426 g/mol. The third-order valence-corrected chi connectivity index (χ3v) is 5.58. The molecule has 0 saturated heterocycles. The van der Waals surface area contributed by atoms with Crippen LogP contribution in [0, 0.1) is 5.82 Å². The van der Waals surface area contributed by atoms with Gasteiger partial charge in [0.1, 0.15) is 5.82 Å². The highest BCUT2D eigenvalue weighted by Crippen LogP contribution is 2.28. The largest absolute Gasteiger partial charge is 0.361 e. The first kappa shape index (κ1) is 19.7. The van der Waals surface area contributed by atoms with Crippen molar-refractivity contribution < 1.29 is 14.0 Å². The predicted octanol–water partition coefficient (Wildman–Crippen LogP) is 3.88. The standard InChI is InChI=1S/C25H19FN4O2/c1-30-21-12-5-3-8-18(21)22(17-7-2-4-10-19(17)26)28-23(25(30)32)29-24(31)16-9-6-11-20-15(16)13-14-27-20/h2-14,23,27H,1H3,(H,29,31). The Hall–Kier alpha value is -4.26. The number of nitrogens with zero attached hydrogens (tertiary/aromatic N) is 2. The van der Waals surface area contributed by atoms with Gasteiger partial charge in [0.2, 0.25) is 6.17 Å². The zero-order valence-corrected chi connectivity index (χ0v) is 17.2. The maximum absolute atomic E-state index is 14.7. The molecule has 0 bridgehead atoms. The molecule has 0 aliphatic carbocycles. The molecule has 2 N–H and O–H groups in total. The number of aromatic amines is 1. The lowest BCUT2D eigenvalue weighted by Gasteiger charge is -2.21. The number of amides is 2. The van der Waals surface area contributed by atoms with E-state index >= 15 is 0 Å². The molecule has 4 aromatic rings. The van der Waals surface area contributed by atoms with Gasteiger partial charge in [-0.3, -0.25) is 9.59 Å². The van der Waals surface area contributed by atoms with E-state index in [-0.39, 0.29) is 5.56 Å². The molecule has 6 nitrogen and oxygen atoms in total. The van der Waals surface area contributed by atoms with E-state index in [1.807, 2.05) is 6.07 Å². The highest BCUT2D eigenvalue weighted by atomic mass is 19.1. The molecule has 1 unspecified atom stereocenters. The Morgan fingerprint density at radius 3 is 2.56 bits per heavy atom. The number of aromatic nitrogens is 1. The van der Waals surface area contributed by atoms with E-state index < -0.39 is 23.8 Å². The zero-order valence-electron chi connectivity index (χ0n) is 17.2. The fourth-order valence-corrected chi connectivity index (χ4v) is 3.97. The molecule has 158 valence electrons. The molecule has 1 atom stereocenters. The second-order valence-electron chi connectivity index (χ2n) is 7.49. The first-order valence-electron chi connectivity index (χ1n) is 10.1. The van der Waals surface area contributed by atoms with E-state index in [1.165, 1.54) is 11.0 Å². The second-order valence-corrected chi connectivity index (χ2v) is 7.49. The molecule has 2 amide bonds. The number of likely N-dealkylation sites (N-methyl/N-ethyl adjacent to an activating group) is 1. The molecule has 0 radical (unpaired) electrons. The highest BCUT2D eigenvalue weighted by Gasteiger charge is 2.32. The summed E-state index contributed by atoms with van der Waals surface area (Å²) >= 11 is 0. The van der Waals surface area contributed by atoms with Crippen LogP contribution < -0.4 is 10.2 Å². The summed E-state index contributed by atoms with van der Waals surface area (Å²) < 4.78 is 14.7. The van der Waals surface area contributed by atoms with Crippen LogP contribution in [0.4, 0.5) is 10.1 Å². The molecule has 0 saturated carbocycles. The molecule has 2 heterocycles. The number of anilines is 1. The van der Waals surface area contributed by atoms with Crippen LogP contribution in [-0.2, 0) is 4.79 Å². The lowest BCUT2D eigenvalue weighted by Crippen LogP contribution is -2.46. The molecule has 1 aromatic heterocycles. The minimum atomic E-state index is -1.22. The number of hydrogen-bond donors (Lipinski definition) is 2. The van der Waals surface area contributed by atoms with Crippen LogP contribution in [-0.4, -0.2) is 35.7 Å². The molecule has 32 heavy (non-hydrogen) atoms. The van der Waals surface area contributed by atoms with E-state index in [1.54, 1.807) is 73.9 Å². The van der Waals surface area contributed by atoms with E-state index in [9.17, 15) is 14.0 Å². The van der Waals surface area contributed by atoms with Crippen molar-refractivity contribution in [2.24, 2.45) is 4.99 Å². The van der Waals surface area contributed by atoms with Gasteiger partial charge in [-0.25, -0.2) is 9.38 Å². The number of para-hydroxylation sites is 1. The molecular formula is C25H19FN4O2. The minimum absolute atomic E-state index is 0.259. The van der Waals surface area contributed by atoms with Gasteiger partial charge in [0.05, 0.1) is 11.4 Å². The summed E-state index contributed by atoms with van der Waals surface area (Å²) in [5.41, 5.74) is 2.99. The van der Waals surface area contributed by atoms with E-state index in [0.29, 0.717) is 22.5 Å². The van der Waals surface area contributed by atoms with Crippen LogP contribution in [0.1, 0.15) is 21.5 Å². The molecule has 1 aliphatic rings. The number of benzodiazepines with no additional fused rings is 1. The summed E-state index contributed by atoms with van der Waals surface area (Å²) in [6, 6.07) is 20.5. The van der Waals surface area contributed by atoms with Gasteiger partial charge in [-0.05, 0) is 36.4 Å². The normalized spacial score (nSPS) is 15.8. The van der Waals surface area contributed by atoms with Crippen LogP contribution in [0.3, 0.4) is 0 Å². The maximum atomic E-state index is 14.7. The molecule has 5 rings (SSSR count). The average Bonchev–Trinajstić information content (AvgIpc) is 3.27. The SMILES string of the molecule is CN1C(=O)C(NC(=O)c2cccc3[nH]ccc23)N=C(c2ccccc2F)c2ccccc21. The van der Waals surface area contributed by atoms with Crippen molar-refractivity contribution in [3.8, 4) is 0 Å². The van der Waals surface area contributed by atoms with E-state index in [2.05, 4.69) is 15.3 Å². The van der Waals surface area contributed by atoms with Crippen LogP contribution in [0.15, 0.2) is 84.0 Å². The number of carbonyl (C=O) groups excluding carboxylic acids is 2. The number of nitrogens with one attached hydrogen (secondary N) is 2. The summed E-state index contributed by atoms with van der Waals surface area (Å²) in [7, 11) is 1.62. The third-order valence-electron chi connectivity index (χ3n) is 5.58. The van der Waals surface area contributed by atoms with Crippen LogP contribution in [0.2, 0.25) is 0 Å². The minimum Gasteiger partial charge on any atom is -0.361 e. The first-order chi connectivity index (χ1) is 15.5. The van der Waals surface area contributed by atoms with Crippen molar-refractivity contribution in [2.45, 2.75) is 6.17 Å². The second kappa shape index (κ2) is 7.77. The van der Waals surface area contributed by atoms with Crippen LogP contribution >= 0.6 is 0 Å². The van der Waals surface area contributed by atoms with Crippen molar-refractivity contribution in [1.29, 1.82) is 0 Å². The van der Waals surface area contributed by atoms with Gasteiger partial charge in [-0.2, -0.15) is 0 Å². The number of aliphatic imine (C=N–C) groups is 1. The number of halogens is 1. The summed E-state index contributed by atoms with van der Waals surface area (Å²) in [6.07, 6.45) is 0.528. The van der Waals surface area contributed by atoms with E-state index in [4.69, 9.17) is 0 Å². The summed E-state index contributed by atoms with van der Waals surface area (Å²) in [5.74, 6) is -1.32.